The van der Waals surface area contributed by atoms with Crippen molar-refractivity contribution in [3.63, 3.8) is 0 Å². The fourth-order valence-corrected chi connectivity index (χ4v) is 6.21. The number of hydrogen-bond acceptors (Lipinski definition) is 5. The second-order valence-corrected chi connectivity index (χ2v) is 12.0. The van der Waals surface area contributed by atoms with Gasteiger partial charge in [-0.3, -0.25) is 4.55 Å². The van der Waals surface area contributed by atoms with Crippen LogP contribution in [-0.4, -0.2) is 21.4 Å². The lowest BCUT2D eigenvalue weighted by Crippen LogP contribution is -2.17. The SMILES string of the molecule is CC(C)c1cc(C(C)C)c(S(=O)(=O)Oc2ccc(S(=O)(=O)O)c3ccccc23)c(C(C)C)c1. The molecule has 3 aromatic rings. The molecule has 178 valence electrons. The van der Waals surface area contributed by atoms with Crippen molar-refractivity contribution in [2.75, 3.05) is 0 Å². The molecular weight excluding hydrogens is 460 g/mol. The van der Waals surface area contributed by atoms with Crippen LogP contribution in [-0.2, 0) is 20.2 Å². The van der Waals surface area contributed by atoms with E-state index in [1.54, 1.807) is 18.2 Å². The smallest absolute Gasteiger partial charge is 0.339 e. The van der Waals surface area contributed by atoms with E-state index in [0.717, 1.165) is 11.6 Å². The monoisotopic (exact) mass is 490 g/mol. The van der Waals surface area contributed by atoms with Crippen molar-refractivity contribution in [3.05, 3.63) is 65.2 Å². The third-order valence-corrected chi connectivity index (χ3v) is 7.93. The Bertz CT molecular complexity index is 1370. The molecule has 0 aromatic heterocycles. The highest BCUT2D eigenvalue weighted by molar-refractivity contribution is 7.87. The molecule has 33 heavy (non-hydrogen) atoms. The average Bonchev–Trinajstić information content (AvgIpc) is 2.71. The van der Waals surface area contributed by atoms with Crippen LogP contribution in [0.25, 0.3) is 10.8 Å². The second-order valence-electron chi connectivity index (χ2n) is 9.11. The van der Waals surface area contributed by atoms with Crippen molar-refractivity contribution in [3.8, 4) is 5.75 Å². The number of benzene rings is 3. The maximum absolute atomic E-state index is 13.7. The molecule has 0 atom stereocenters. The predicted molar refractivity (Wildman–Crippen MR) is 130 cm³/mol. The zero-order valence-electron chi connectivity index (χ0n) is 19.7. The van der Waals surface area contributed by atoms with Crippen LogP contribution in [0, 0.1) is 0 Å². The van der Waals surface area contributed by atoms with Gasteiger partial charge in [0.25, 0.3) is 10.1 Å². The Morgan fingerprint density at radius 3 is 1.70 bits per heavy atom. The molecule has 0 radical (unpaired) electrons. The minimum absolute atomic E-state index is 0.00431. The van der Waals surface area contributed by atoms with E-state index in [-0.39, 0.29) is 44.1 Å². The summed E-state index contributed by atoms with van der Waals surface area (Å²) in [6, 6.07) is 12.6. The molecule has 0 aliphatic carbocycles. The standard InChI is InChI=1S/C25H30O6S2/c1-15(2)18-13-21(16(3)4)25(22(14-18)17(5)6)33(29,30)31-23-11-12-24(32(26,27)28)20-10-8-7-9-19(20)23/h7-17H,1-6H3,(H,26,27,28). The summed E-state index contributed by atoms with van der Waals surface area (Å²) in [6.07, 6.45) is 0. The Labute approximate surface area is 196 Å². The summed E-state index contributed by atoms with van der Waals surface area (Å²) in [5.41, 5.74) is 2.43. The third-order valence-electron chi connectivity index (χ3n) is 5.65. The first-order valence-corrected chi connectivity index (χ1v) is 13.7. The van der Waals surface area contributed by atoms with E-state index < -0.39 is 20.2 Å². The van der Waals surface area contributed by atoms with Crippen LogP contribution in [0.2, 0.25) is 0 Å². The first-order valence-electron chi connectivity index (χ1n) is 10.9. The highest BCUT2D eigenvalue weighted by atomic mass is 32.2. The van der Waals surface area contributed by atoms with Gasteiger partial charge in [0.15, 0.2) is 5.75 Å². The van der Waals surface area contributed by atoms with Gasteiger partial charge >= 0.3 is 10.1 Å². The maximum Gasteiger partial charge on any atom is 0.339 e. The van der Waals surface area contributed by atoms with Gasteiger partial charge in [-0.2, -0.15) is 16.8 Å². The minimum atomic E-state index is -4.50. The largest absolute Gasteiger partial charge is 0.378 e. The van der Waals surface area contributed by atoms with Gasteiger partial charge in [0.1, 0.15) is 9.79 Å². The third kappa shape index (κ3) is 5.08. The second kappa shape index (κ2) is 9.08. The van der Waals surface area contributed by atoms with E-state index in [0.29, 0.717) is 11.1 Å². The Hall–Kier alpha value is -2.42. The van der Waals surface area contributed by atoms with Crippen LogP contribution < -0.4 is 4.18 Å². The fourth-order valence-electron chi connectivity index (χ4n) is 3.88. The van der Waals surface area contributed by atoms with E-state index >= 15 is 0 Å². The quantitative estimate of drug-likeness (QED) is 0.312. The zero-order valence-corrected chi connectivity index (χ0v) is 21.3. The van der Waals surface area contributed by atoms with E-state index in [1.807, 2.05) is 39.8 Å². The molecule has 6 nitrogen and oxygen atoms in total. The summed E-state index contributed by atoms with van der Waals surface area (Å²) >= 11 is 0. The summed E-state index contributed by atoms with van der Waals surface area (Å²) in [5.74, 6) is 0.103. The van der Waals surface area contributed by atoms with Crippen molar-refractivity contribution in [1.82, 2.24) is 0 Å². The van der Waals surface area contributed by atoms with Gasteiger partial charge in [-0.25, -0.2) is 0 Å². The van der Waals surface area contributed by atoms with Crippen LogP contribution in [0.4, 0.5) is 0 Å². The predicted octanol–water partition coefficient (Wildman–Crippen LogP) is 6.22. The molecule has 0 unspecified atom stereocenters. The number of fused-ring (bicyclic) bond motifs is 1. The Kier molecular flexibility index (Phi) is 6.94. The molecule has 0 amide bonds. The van der Waals surface area contributed by atoms with E-state index in [2.05, 4.69) is 13.8 Å². The van der Waals surface area contributed by atoms with Crippen molar-refractivity contribution in [1.29, 1.82) is 0 Å². The molecule has 8 heteroatoms. The highest BCUT2D eigenvalue weighted by Crippen LogP contribution is 2.38. The molecule has 0 saturated heterocycles. The lowest BCUT2D eigenvalue weighted by molar-refractivity contribution is 0.483. The average molecular weight is 491 g/mol. The lowest BCUT2D eigenvalue weighted by atomic mass is 9.89. The molecule has 0 fully saturated rings. The Balaban J connectivity index is 2.26. The summed E-state index contributed by atoms with van der Waals surface area (Å²) in [6.45, 7) is 11.9. The molecule has 0 bridgehead atoms. The van der Waals surface area contributed by atoms with E-state index in [9.17, 15) is 21.4 Å². The lowest BCUT2D eigenvalue weighted by Gasteiger charge is -2.23. The summed E-state index contributed by atoms with van der Waals surface area (Å²) in [4.78, 5) is -0.158. The van der Waals surface area contributed by atoms with Gasteiger partial charge in [0, 0.05) is 10.8 Å². The molecule has 0 spiro atoms. The van der Waals surface area contributed by atoms with Gasteiger partial charge in [-0.1, -0.05) is 77.9 Å². The molecule has 0 aliphatic heterocycles. The number of rotatable bonds is 7. The summed E-state index contributed by atoms with van der Waals surface area (Å²) in [5, 5.41) is 0.447. The van der Waals surface area contributed by atoms with Crippen molar-refractivity contribution < 1.29 is 25.6 Å². The Morgan fingerprint density at radius 2 is 1.24 bits per heavy atom. The van der Waals surface area contributed by atoms with Crippen LogP contribution in [0.5, 0.6) is 5.75 Å². The van der Waals surface area contributed by atoms with Crippen LogP contribution >= 0.6 is 0 Å². The van der Waals surface area contributed by atoms with Gasteiger partial charge in [0.2, 0.25) is 0 Å². The molecule has 0 heterocycles. The fraction of sp³-hybridized carbons (Fsp3) is 0.360. The van der Waals surface area contributed by atoms with E-state index in [1.165, 1.54) is 12.1 Å². The highest BCUT2D eigenvalue weighted by Gasteiger charge is 2.29. The number of hydrogen-bond donors (Lipinski definition) is 1. The van der Waals surface area contributed by atoms with Crippen molar-refractivity contribution in [2.24, 2.45) is 0 Å². The van der Waals surface area contributed by atoms with Crippen molar-refractivity contribution in [2.45, 2.75) is 69.1 Å². The van der Waals surface area contributed by atoms with E-state index in [4.69, 9.17) is 4.18 Å². The van der Waals surface area contributed by atoms with Crippen LogP contribution in [0.15, 0.2) is 58.3 Å². The van der Waals surface area contributed by atoms with Crippen molar-refractivity contribution >= 4 is 31.0 Å². The maximum atomic E-state index is 13.7. The van der Waals surface area contributed by atoms with Crippen LogP contribution in [0.3, 0.4) is 0 Å². The van der Waals surface area contributed by atoms with Gasteiger partial charge in [-0.15, -0.1) is 0 Å². The summed E-state index contributed by atoms with van der Waals surface area (Å²) in [7, 11) is -8.75. The van der Waals surface area contributed by atoms with Gasteiger partial charge < -0.3 is 4.18 Å². The zero-order chi connectivity index (χ0) is 24.7. The normalized spacial score (nSPS) is 12.8. The van der Waals surface area contributed by atoms with Gasteiger partial charge in [0.05, 0.1) is 0 Å². The molecule has 0 saturated carbocycles. The first kappa shape index (κ1) is 25.2. The first-order chi connectivity index (χ1) is 15.2. The minimum Gasteiger partial charge on any atom is -0.378 e. The van der Waals surface area contributed by atoms with Gasteiger partial charge in [-0.05, 0) is 46.6 Å². The molecule has 3 aromatic carbocycles. The molecule has 0 aliphatic rings. The topological polar surface area (TPSA) is 97.7 Å². The molecular formula is C25H30O6S2. The Morgan fingerprint density at radius 1 is 0.727 bits per heavy atom. The molecule has 1 N–H and O–H groups in total. The summed E-state index contributed by atoms with van der Waals surface area (Å²) < 4.78 is 66.1. The van der Waals surface area contributed by atoms with Crippen LogP contribution in [0.1, 0.15) is 76.0 Å². The molecule has 3 rings (SSSR count).